The molecule has 0 aromatic heterocycles. The summed E-state index contributed by atoms with van der Waals surface area (Å²) in [5, 5.41) is 8.92. The maximum absolute atomic E-state index is 11.3. The van der Waals surface area contributed by atoms with Gasteiger partial charge in [-0.15, -0.1) is 0 Å². The maximum atomic E-state index is 11.3. The molecule has 0 atom stereocenters. The third-order valence-electron chi connectivity index (χ3n) is 3.35. The van der Waals surface area contributed by atoms with Crippen molar-refractivity contribution in [1.82, 2.24) is 5.32 Å². The molecule has 0 spiro atoms. The zero-order valence-corrected chi connectivity index (χ0v) is 12.2. The van der Waals surface area contributed by atoms with Crippen molar-refractivity contribution in [3.8, 4) is 0 Å². The van der Waals surface area contributed by atoms with Gasteiger partial charge in [0.05, 0.1) is 6.04 Å². The molecule has 110 valence electrons. The first kappa shape index (κ1) is 14.7. The Morgan fingerprint density at radius 2 is 1.24 bits per heavy atom. The molecule has 2 aromatic carbocycles. The number of rotatable bonds is 5. The molecule has 2 aromatic rings. The summed E-state index contributed by atoms with van der Waals surface area (Å²) < 4.78 is 0. The Bertz CT molecular complexity index is 545. The molecule has 0 fully saturated rings. The van der Waals surface area contributed by atoms with Gasteiger partial charge in [-0.25, -0.2) is 4.79 Å². The van der Waals surface area contributed by atoms with Crippen molar-refractivity contribution in [2.24, 2.45) is 5.73 Å². The lowest BCUT2D eigenvalue weighted by atomic mass is 9.98. The number of amides is 2. The van der Waals surface area contributed by atoms with E-state index < -0.39 is 6.03 Å². The van der Waals surface area contributed by atoms with Crippen LogP contribution < -0.4 is 21.7 Å². The predicted octanol–water partition coefficient (Wildman–Crippen LogP) is 2.53. The Hall–Kier alpha value is -2.69. The average Bonchev–Trinajstić information content (AvgIpc) is 2.53. The van der Waals surface area contributed by atoms with Crippen molar-refractivity contribution in [3.63, 3.8) is 0 Å². The molecular weight excluding hydrogens is 264 g/mol. The first-order valence-electron chi connectivity index (χ1n) is 6.75. The van der Waals surface area contributed by atoms with Crippen molar-refractivity contribution in [2.45, 2.75) is 6.04 Å². The first-order chi connectivity index (χ1) is 10.1. The van der Waals surface area contributed by atoms with Gasteiger partial charge in [0.1, 0.15) is 0 Å². The SMILES string of the molecule is CNc1ccc(C(NC(N)=O)c2ccc(NC)cc2)cc1. The van der Waals surface area contributed by atoms with Gasteiger partial charge in [0.2, 0.25) is 0 Å². The Morgan fingerprint density at radius 3 is 1.52 bits per heavy atom. The van der Waals surface area contributed by atoms with Crippen LogP contribution in [-0.2, 0) is 0 Å². The van der Waals surface area contributed by atoms with E-state index in [0.717, 1.165) is 22.5 Å². The molecule has 0 aliphatic rings. The smallest absolute Gasteiger partial charge is 0.312 e. The van der Waals surface area contributed by atoms with E-state index in [1.807, 2.05) is 62.6 Å². The summed E-state index contributed by atoms with van der Waals surface area (Å²) in [6.07, 6.45) is 0. The lowest BCUT2D eigenvalue weighted by molar-refractivity contribution is 0.247. The Morgan fingerprint density at radius 1 is 0.857 bits per heavy atom. The van der Waals surface area contributed by atoms with E-state index in [4.69, 9.17) is 5.73 Å². The summed E-state index contributed by atoms with van der Waals surface area (Å²) in [5.41, 5.74) is 9.29. The Balaban J connectivity index is 2.33. The van der Waals surface area contributed by atoms with Crippen LogP contribution in [0.1, 0.15) is 17.2 Å². The largest absolute Gasteiger partial charge is 0.388 e. The van der Waals surface area contributed by atoms with Crippen LogP contribution in [0.15, 0.2) is 48.5 Å². The summed E-state index contributed by atoms with van der Waals surface area (Å²) in [6, 6.07) is 14.9. The van der Waals surface area contributed by atoms with E-state index in [1.54, 1.807) is 0 Å². The minimum absolute atomic E-state index is 0.265. The van der Waals surface area contributed by atoms with Gasteiger partial charge in [0.25, 0.3) is 0 Å². The molecule has 2 amide bonds. The number of benzene rings is 2. The second-order valence-electron chi connectivity index (χ2n) is 4.69. The third kappa shape index (κ3) is 3.66. The van der Waals surface area contributed by atoms with Crippen LogP contribution in [0.2, 0.25) is 0 Å². The molecule has 0 heterocycles. The number of nitrogens with two attached hydrogens (primary N) is 1. The summed E-state index contributed by atoms with van der Waals surface area (Å²) in [4.78, 5) is 11.3. The molecule has 0 saturated heterocycles. The standard InChI is InChI=1S/C16H20N4O/c1-18-13-7-3-11(4-8-13)15(20-16(17)21)12-5-9-14(19-2)10-6-12/h3-10,15,18-19H,1-2H3,(H3,17,20,21). The van der Waals surface area contributed by atoms with Gasteiger partial charge >= 0.3 is 6.03 Å². The summed E-state index contributed by atoms with van der Waals surface area (Å²) >= 11 is 0. The summed E-state index contributed by atoms with van der Waals surface area (Å²) in [5.74, 6) is 0. The number of hydrogen-bond acceptors (Lipinski definition) is 3. The highest BCUT2D eigenvalue weighted by molar-refractivity contribution is 5.73. The Kier molecular flexibility index (Phi) is 4.66. The number of carbonyl (C=O) groups is 1. The van der Waals surface area contributed by atoms with Crippen LogP contribution in [0.25, 0.3) is 0 Å². The van der Waals surface area contributed by atoms with Crippen LogP contribution >= 0.6 is 0 Å². The van der Waals surface area contributed by atoms with Crippen molar-refractivity contribution < 1.29 is 4.79 Å². The second kappa shape index (κ2) is 6.65. The van der Waals surface area contributed by atoms with Gasteiger partial charge in [0.15, 0.2) is 0 Å². The topological polar surface area (TPSA) is 79.2 Å². The van der Waals surface area contributed by atoms with Crippen molar-refractivity contribution in [1.29, 1.82) is 0 Å². The van der Waals surface area contributed by atoms with Crippen LogP contribution in [0.5, 0.6) is 0 Å². The average molecular weight is 284 g/mol. The van der Waals surface area contributed by atoms with Gasteiger partial charge in [-0.3, -0.25) is 0 Å². The van der Waals surface area contributed by atoms with E-state index in [0.29, 0.717) is 0 Å². The molecule has 5 nitrogen and oxygen atoms in total. The van der Waals surface area contributed by atoms with E-state index >= 15 is 0 Å². The van der Waals surface area contributed by atoms with Crippen molar-refractivity contribution >= 4 is 17.4 Å². The second-order valence-corrected chi connectivity index (χ2v) is 4.69. The number of urea groups is 1. The molecule has 0 bridgehead atoms. The minimum atomic E-state index is -0.546. The summed E-state index contributed by atoms with van der Waals surface area (Å²) in [7, 11) is 3.73. The highest BCUT2D eigenvalue weighted by Crippen LogP contribution is 2.24. The van der Waals surface area contributed by atoms with Crippen molar-refractivity contribution in [2.75, 3.05) is 24.7 Å². The van der Waals surface area contributed by atoms with E-state index in [1.165, 1.54) is 0 Å². The van der Waals surface area contributed by atoms with Crippen LogP contribution in [0, 0.1) is 0 Å². The number of hydrogen-bond donors (Lipinski definition) is 4. The van der Waals surface area contributed by atoms with Gasteiger partial charge in [0, 0.05) is 25.5 Å². The van der Waals surface area contributed by atoms with E-state index in [-0.39, 0.29) is 6.04 Å². The van der Waals surface area contributed by atoms with Crippen LogP contribution in [0.3, 0.4) is 0 Å². The maximum Gasteiger partial charge on any atom is 0.312 e. The number of anilines is 2. The molecule has 0 unspecified atom stereocenters. The molecule has 0 aliphatic heterocycles. The minimum Gasteiger partial charge on any atom is -0.388 e. The van der Waals surface area contributed by atoms with E-state index in [2.05, 4.69) is 16.0 Å². The zero-order chi connectivity index (χ0) is 15.2. The normalized spacial score (nSPS) is 10.2. The summed E-state index contributed by atoms with van der Waals surface area (Å²) in [6.45, 7) is 0. The lowest BCUT2D eigenvalue weighted by Crippen LogP contribution is -2.33. The fourth-order valence-corrected chi connectivity index (χ4v) is 2.19. The number of nitrogens with one attached hydrogen (secondary N) is 3. The zero-order valence-electron chi connectivity index (χ0n) is 12.2. The highest BCUT2D eigenvalue weighted by Gasteiger charge is 2.15. The molecule has 2 rings (SSSR count). The Labute approximate surface area is 124 Å². The predicted molar refractivity (Wildman–Crippen MR) is 86.5 cm³/mol. The fourth-order valence-electron chi connectivity index (χ4n) is 2.19. The van der Waals surface area contributed by atoms with Crippen LogP contribution in [-0.4, -0.2) is 20.1 Å². The molecule has 0 saturated carbocycles. The van der Waals surface area contributed by atoms with Gasteiger partial charge < -0.3 is 21.7 Å². The molecule has 21 heavy (non-hydrogen) atoms. The molecular formula is C16H20N4O. The number of carbonyl (C=O) groups excluding carboxylic acids is 1. The first-order valence-corrected chi connectivity index (χ1v) is 6.75. The molecule has 0 radical (unpaired) electrons. The lowest BCUT2D eigenvalue weighted by Gasteiger charge is -2.19. The van der Waals surface area contributed by atoms with Gasteiger partial charge in [-0.05, 0) is 35.4 Å². The number of primary amides is 1. The van der Waals surface area contributed by atoms with Crippen molar-refractivity contribution in [3.05, 3.63) is 59.7 Å². The fraction of sp³-hybridized carbons (Fsp3) is 0.188. The third-order valence-corrected chi connectivity index (χ3v) is 3.35. The van der Waals surface area contributed by atoms with Gasteiger partial charge in [-0.2, -0.15) is 0 Å². The van der Waals surface area contributed by atoms with Gasteiger partial charge in [-0.1, -0.05) is 24.3 Å². The monoisotopic (exact) mass is 284 g/mol. The molecule has 0 aliphatic carbocycles. The van der Waals surface area contributed by atoms with Crippen LogP contribution in [0.4, 0.5) is 16.2 Å². The molecule has 5 heteroatoms. The highest BCUT2D eigenvalue weighted by atomic mass is 16.2. The molecule has 5 N–H and O–H groups in total. The van der Waals surface area contributed by atoms with E-state index in [9.17, 15) is 4.79 Å². The quantitative estimate of drug-likeness (QED) is 0.681.